The van der Waals surface area contributed by atoms with Crippen LogP contribution in [0, 0.1) is 6.92 Å². The Morgan fingerprint density at radius 3 is 2.74 bits per heavy atom. The summed E-state index contributed by atoms with van der Waals surface area (Å²) in [6, 6.07) is 5.18. The van der Waals surface area contributed by atoms with Gasteiger partial charge in [-0.1, -0.05) is 6.92 Å². The van der Waals surface area contributed by atoms with Crippen LogP contribution in [0.2, 0.25) is 0 Å². The Morgan fingerprint density at radius 2 is 2.11 bits per heavy atom. The molecule has 1 aromatic heterocycles. The maximum Gasteiger partial charge on any atom is 0.336 e. The van der Waals surface area contributed by atoms with E-state index in [1.54, 1.807) is 6.07 Å². The van der Waals surface area contributed by atoms with Crippen LogP contribution >= 0.6 is 0 Å². The third-order valence-electron chi connectivity index (χ3n) is 3.01. The number of ketones is 1. The molecule has 0 unspecified atom stereocenters. The zero-order valence-corrected chi connectivity index (χ0v) is 11.3. The molecule has 0 amide bonds. The second kappa shape index (κ2) is 5.26. The number of hydrogen-bond donors (Lipinski definition) is 0. The van der Waals surface area contributed by atoms with Gasteiger partial charge >= 0.3 is 5.63 Å². The van der Waals surface area contributed by atoms with E-state index in [2.05, 4.69) is 0 Å². The molecule has 2 rings (SSSR count). The number of Topliss-reactive ketones (excluding diaryl/α,β-unsaturated/α-hetero) is 1. The molecule has 100 valence electrons. The Labute approximate surface area is 111 Å². The lowest BCUT2D eigenvalue weighted by atomic mass is 10.0. The van der Waals surface area contributed by atoms with E-state index in [-0.39, 0.29) is 18.0 Å². The van der Waals surface area contributed by atoms with Crippen molar-refractivity contribution in [2.45, 2.75) is 27.2 Å². The van der Waals surface area contributed by atoms with Crippen molar-refractivity contribution in [2.24, 2.45) is 0 Å². The van der Waals surface area contributed by atoms with E-state index in [9.17, 15) is 9.59 Å². The molecular formula is C15H16O4. The second-order valence-electron chi connectivity index (χ2n) is 4.50. The molecule has 1 heterocycles. The van der Waals surface area contributed by atoms with Crippen LogP contribution < -0.4 is 10.4 Å². The highest BCUT2D eigenvalue weighted by Crippen LogP contribution is 2.28. The molecule has 0 aliphatic rings. The molecule has 0 atom stereocenters. The molecule has 0 saturated carbocycles. The molecule has 4 heteroatoms. The van der Waals surface area contributed by atoms with E-state index in [1.807, 2.05) is 19.9 Å². The van der Waals surface area contributed by atoms with Crippen molar-refractivity contribution in [1.29, 1.82) is 0 Å². The highest BCUT2D eigenvalue weighted by atomic mass is 16.5. The minimum Gasteiger partial charge on any atom is -0.485 e. The topological polar surface area (TPSA) is 56.5 Å². The Kier molecular flexibility index (Phi) is 3.69. The minimum atomic E-state index is -0.365. The SMILES string of the molecule is CCc1cc(=O)oc2c(C)c(OCC(C)=O)ccc12. The number of fused-ring (bicyclic) bond motifs is 1. The third kappa shape index (κ3) is 2.67. The van der Waals surface area contributed by atoms with Crippen molar-refractivity contribution in [3.05, 3.63) is 39.7 Å². The fourth-order valence-electron chi connectivity index (χ4n) is 2.04. The minimum absolute atomic E-state index is 0.0179. The fourth-order valence-corrected chi connectivity index (χ4v) is 2.04. The van der Waals surface area contributed by atoms with E-state index in [0.29, 0.717) is 11.3 Å². The number of carbonyl (C=O) groups excluding carboxylic acids is 1. The Balaban J connectivity index is 2.58. The van der Waals surface area contributed by atoms with Gasteiger partial charge in [0.05, 0.1) is 0 Å². The van der Waals surface area contributed by atoms with Gasteiger partial charge in [-0.25, -0.2) is 4.79 Å². The first kappa shape index (κ1) is 13.3. The van der Waals surface area contributed by atoms with Gasteiger partial charge in [0.25, 0.3) is 0 Å². The molecule has 19 heavy (non-hydrogen) atoms. The summed E-state index contributed by atoms with van der Waals surface area (Å²) in [5.41, 5.74) is 1.86. The second-order valence-corrected chi connectivity index (χ2v) is 4.50. The molecule has 0 radical (unpaired) electrons. The molecule has 0 N–H and O–H groups in total. The van der Waals surface area contributed by atoms with Gasteiger partial charge in [-0.15, -0.1) is 0 Å². The van der Waals surface area contributed by atoms with Gasteiger partial charge in [-0.3, -0.25) is 4.79 Å². The summed E-state index contributed by atoms with van der Waals surface area (Å²) in [6.45, 7) is 5.29. The molecule has 0 aliphatic carbocycles. The lowest BCUT2D eigenvalue weighted by Gasteiger charge is -2.10. The van der Waals surface area contributed by atoms with Crippen LogP contribution in [0.15, 0.2) is 27.4 Å². The lowest BCUT2D eigenvalue weighted by molar-refractivity contribution is -0.118. The maximum absolute atomic E-state index is 11.5. The van der Waals surface area contributed by atoms with Gasteiger partial charge in [-0.05, 0) is 38.0 Å². The first-order valence-corrected chi connectivity index (χ1v) is 6.21. The fraction of sp³-hybridized carbons (Fsp3) is 0.333. The molecule has 0 spiro atoms. The maximum atomic E-state index is 11.5. The van der Waals surface area contributed by atoms with Gasteiger partial charge in [-0.2, -0.15) is 0 Å². The highest BCUT2D eigenvalue weighted by Gasteiger charge is 2.11. The zero-order valence-electron chi connectivity index (χ0n) is 11.3. The van der Waals surface area contributed by atoms with E-state index < -0.39 is 0 Å². The summed E-state index contributed by atoms with van der Waals surface area (Å²) in [6.07, 6.45) is 0.759. The first-order valence-electron chi connectivity index (χ1n) is 6.21. The van der Waals surface area contributed by atoms with Gasteiger partial charge in [0.1, 0.15) is 17.9 Å². The Hall–Kier alpha value is -2.10. The number of benzene rings is 1. The van der Waals surface area contributed by atoms with Crippen LogP contribution in [-0.2, 0) is 11.2 Å². The molecule has 4 nitrogen and oxygen atoms in total. The molecule has 0 fully saturated rings. The predicted molar refractivity (Wildman–Crippen MR) is 72.8 cm³/mol. The number of carbonyl (C=O) groups is 1. The molecule has 0 aliphatic heterocycles. The van der Waals surface area contributed by atoms with Crippen molar-refractivity contribution in [1.82, 2.24) is 0 Å². The highest BCUT2D eigenvalue weighted by molar-refractivity contribution is 5.85. The van der Waals surface area contributed by atoms with E-state index in [1.165, 1.54) is 13.0 Å². The summed E-state index contributed by atoms with van der Waals surface area (Å²) in [7, 11) is 0. The number of rotatable bonds is 4. The lowest BCUT2D eigenvalue weighted by Crippen LogP contribution is -2.08. The molecule has 1 aromatic carbocycles. The predicted octanol–water partition coefficient (Wildman–Crippen LogP) is 2.63. The van der Waals surface area contributed by atoms with Crippen molar-refractivity contribution >= 4 is 16.8 Å². The standard InChI is InChI=1S/C15H16O4/c1-4-11-7-14(17)19-15-10(3)13(6-5-12(11)15)18-8-9(2)16/h5-7H,4,8H2,1-3H3. The van der Waals surface area contributed by atoms with E-state index >= 15 is 0 Å². The normalized spacial score (nSPS) is 10.7. The van der Waals surface area contributed by atoms with Crippen molar-refractivity contribution in [2.75, 3.05) is 6.61 Å². The molecule has 0 saturated heterocycles. The van der Waals surface area contributed by atoms with Crippen molar-refractivity contribution in [3.63, 3.8) is 0 Å². The average molecular weight is 260 g/mol. The largest absolute Gasteiger partial charge is 0.485 e. The smallest absolute Gasteiger partial charge is 0.336 e. The average Bonchev–Trinajstić information content (AvgIpc) is 2.37. The molecule has 2 aromatic rings. The van der Waals surface area contributed by atoms with Crippen molar-refractivity contribution < 1.29 is 13.9 Å². The summed E-state index contributed by atoms with van der Waals surface area (Å²) < 4.78 is 10.7. The number of aryl methyl sites for hydroxylation is 2. The summed E-state index contributed by atoms with van der Waals surface area (Å²) in [5, 5.41) is 0.912. The van der Waals surface area contributed by atoms with Crippen LogP contribution in [0.5, 0.6) is 5.75 Å². The Morgan fingerprint density at radius 1 is 1.37 bits per heavy atom. The van der Waals surface area contributed by atoms with Crippen LogP contribution in [0.1, 0.15) is 25.0 Å². The third-order valence-corrected chi connectivity index (χ3v) is 3.01. The van der Waals surface area contributed by atoms with Crippen LogP contribution in [0.3, 0.4) is 0 Å². The Bertz CT molecular complexity index is 682. The summed E-state index contributed by atoms with van der Waals surface area (Å²) in [4.78, 5) is 22.5. The summed E-state index contributed by atoms with van der Waals surface area (Å²) in [5.74, 6) is 0.516. The van der Waals surface area contributed by atoms with E-state index in [0.717, 1.165) is 22.9 Å². The van der Waals surface area contributed by atoms with E-state index in [4.69, 9.17) is 9.15 Å². The zero-order chi connectivity index (χ0) is 14.0. The van der Waals surface area contributed by atoms with Gasteiger partial charge in [0.15, 0.2) is 5.78 Å². The monoisotopic (exact) mass is 260 g/mol. The van der Waals surface area contributed by atoms with Crippen LogP contribution in [-0.4, -0.2) is 12.4 Å². The summed E-state index contributed by atoms with van der Waals surface area (Å²) >= 11 is 0. The molecule has 0 bridgehead atoms. The van der Waals surface area contributed by atoms with Crippen LogP contribution in [0.25, 0.3) is 11.0 Å². The quantitative estimate of drug-likeness (QED) is 0.793. The van der Waals surface area contributed by atoms with Crippen LogP contribution in [0.4, 0.5) is 0 Å². The van der Waals surface area contributed by atoms with Gasteiger partial charge in [0.2, 0.25) is 0 Å². The molecular weight excluding hydrogens is 244 g/mol. The van der Waals surface area contributed by atoms with Gasteiger partial charge < -0.3 is 9.15 Å². The van der Waals surface area contributed by atoms with Crippen molar-refractivity contribution in [3.8, 4) is 5.75 Å². The van der Waals surface area contributed by atoms with Gasteiger partial charge in [0, 0.05) is 17.0 Å². The first-order chi connectivity index (χ1) is 9.02. The number of hydrogen-bond acceptors (Lipinski definition) is 4. The number of ether oxygens (including phenoxy) is 1.